The van der Waals surface area contributed by atoms with E-state index < -0.39 is 16.0 Å². The van der Waals surface area contributed by atoms with Crippen LogP contribution in [0.4, 0.5) is 0 Å². The Labute approximate surface area is 129 Å². The highest BCUT2D eigenvalue weighted by Gasteiger charge is 2.42. The number of thiophene rings is 1. The minimum atomic E-state index is -3.64. The fourth-order valence-electron chi connectivity index (χ4n) is 2.58. The first-order chi connectivity index (χ1) is 9.69. The monoisotopic (exact) mass is 332 g/mol. The van der Waals surface area contributed by atoms with Gasteiger partial charge >= 0.3 is 5.97 Å². The van der Waals surface area contributed by atoms with Gasteiger partial charge in [-0.15, -0.1) is 11.3 Å². The number of nitrogens with zero attached hydrogens (tertiary/aromatic N) is 2. The lowest BCUT2D eigenvalue weighted by atomic mass is 9.75. The predicted molar refractivity (Wildman–Crippen MR) is 81.4 cm³/mol. The second-order valence-electron chi connectivity index (χ2n) is 5.69. The maximum atomic E-state index is 12.5. The average molecular weight is 332 g/mol. The zero-order valence-electron chi connectivity index (χ0n) is 12.4. The normalized spacial score (nSPS) is 18.0. The summed E-state index contributed by atoms with van der Waals surface area (Å²) in [5.41, 5.74) is -0.104. The van der Waals surface area contributed by atoms with E-state index in [0.717, 1.165) is 30.6 Å². The molecule has 1 aliphatic carbocycles. The van der Waals surface area contributed by atoms with Crippen molar-refractivity contribution in [1.82, 2.24) is 9.21 Å². The highest BCUT2D eigenvalue weighted by molar-refractivity contribution is 7.89. The molecule has 0 aliphatic heterocycles. The Morgan fingerprint density at radius 1 is 1.38 bits per heavy atom. The molecule has 8 heteroatoms. The predicted octanol–water partition coefficient (Wildman–Crippen LogP) is 1.55. The SMILES string of the molecule is CN(C)C1(CN(C)S(=O)(=O)c2csc(C(=O)O)c2)CCC1. The Hall–Kier alpha value is -0.960. The van der Waals surface area contributed by atoms with Gasteiger partial charge in [0.1, 0.15) is 4.88 Å². The van der Waals surface area contributed by atoms with Crippen molar-refractivity contribution in [1.29, 1.82) is 0 Å². The van der Waals surface area contributed by atoms with E-state index in [2.05, 4.69) is 4.90 Å². The molecule has 1 heterocycles. The van der Waals surface area contributed by atoms with Crippen molar-refractivity contribution in [3.8, 4) is 0 Å². The van der Waals surface area contributed by atoms with Crippen LogP contribution >= 0.6 is 11.3 Å². The first kappa shape index (κ1) is 16.4. The number of likely N-dealkylation sites (N-methyl/N-ethyl adjacent to an activating group) is 2. The van der Waals surface area contributed by atoms with Crippen LogP contribution in [0, 0.1) is 0 Å². The van der Waals surface area contributed by atoms with Crippen molar-refractivity contribution in [2.75, 3.05) is 27.7 Å². The summed E-state index contributed by atoms with van der Waals surface area (Å²) < 4.78 is 26.4. The van der Waals surface area contributed by atoms with Gasteiger partial charge in [-0.2, -0.15) is 4.31 Å². The third kappa shape index (κ3) is 2.98. The first-order valence-corrected chi connectivity index (χ1v) is 8.97. The zero-order valence-corrected chi connectivity index (χ0v) is 14.0. The number of carbonyl (C=O) groups is 1. The molecule has 1 aromatic rings. The largest absolute Gasteiger partial charge is 0.477 e. The lowest BCUT2D eigenvalue weighted by Crippen LogP contribution is -2.57. The summed E-state index contributed by atoms with van der Waals surface area (Å²) in [5, 5.41) is 10.3. The second kappa shape index (κ2) is 5.68. The van der Waals surface area contributed by atoms with Crippen molar-refractivity contribution < 1.29 is 18.3 Å². The van der Waals surface area contributed by atoms with Crippen LogP contribution < -0.4 is 0 Å². The summed E-state index contributed by atoms with van der Waals surface area (Å²) in [5.74, 6) is -1.10. The summed E-state index contributed by atoms with van der Waals surface area (Å²) in [6.45, 7) is 0.417. The molecule has 0 unspecified atom stereocenters. The molecule has 118 valence electrons. The molecule has 0 radical (unpaired) electrons. The van der Waals surface area contributed by atoms with Gasteiger partial charge in [0.25, 0.3) is 0 Å². The van der Waals surface area contributed by atoms with E-state index >= 15 is 0 Å². The second-order valence-corrected chi connectivity index (χ2v) is 8.64. The first-order valence-electron chi connectivity index (χ1n) is 6.65. The highest BCUT2D eigenvalue weighted by atomic mass is 32.2. The van der Waals surface area contributed by atoms with E-state index in [9.17, 15) is 13.2 Å². The van der Waals surface area contributed by atoms with E-state index in [0.29, 0.717) is 6.54 Å². The lowest BCUT2D eigenvalue weighted by Gasteiger charge is -2.48. The van der Waals surface area contributed by atoms with Crippen molar-refractivity contribution in [3.05, 3.63) is 16.3 Å². The number of hydrogen-bond donors (Lipinski definition) is 1. The van der Waals surface area contributed by atoms with Crippen LogP contribution in [0.5, 0.6) is 0 Å². The van der Waals surface area contributed by atoms with Gasteiger partial charge in [0.05, 0.1) is 4.90 Å². The van der Waals surface area contributed by atoms with Crippen LogP contribution in [0.1, 0.15) is 28.9 Å². The van der Waals surface area contributed by atoms with E-state index in [1.165, 1.54) is 15.8 Å². The Balaban J connectivity index is 2.20. The minimum Gasteiger partial charge on any atom is -0.477 e. The van der Waals surface area contributed by atoms with Gasteiger partial charge in [-0.25, -0.2) is 13.2 Å². The molecular weight excluding hydrogens is 312 g/mol. The molecule has 0 saturated heterocycles. The molecule has 0 spiro atoms. The standard InChI is InChI=1S/C13H20N2O4S2/c1-14(2)13(5-4-6-13)9-15(3)21(18,19)10-7-11(12(16)17)20-8-10/h7-8H,4-6,9H2,1-3H3,(H,16,17). The molecule has 1 saturated carbocycles. The van der Waals surface area contributed by atoms with Crippen LogP contribution in [0.15, 0.2) is 16.3 Å². The van der Waals surface area contributed by atoms with Gasteiger partial charge < -0.3 is 10.0 Å². The molecule has 1 aromatic heterocycles. The molecule has 0 atom stereocenters. The van der Waals surface area contributed by atoms with Gasteiger partial charge in [-0.1, -0.05) is 0 Å². The van der Waals surface area contributed by atoms with Gasteiger partial charge in [0.2, 0.25) is 10.0 Å². The van der Waals surface area contributed by atoms with E-state index in [-0.39, 0.29) is 15.3 Å². The van der Waals surface area contributed by atoms with E-state index in [1.807, 2.05) is 14.1 Å². The summed E-state index contributed by atoms with van der Waals surface area (Å²) in [7, 11) is 1.84. The molecule has 21 heavy (non-hydrogen) atoms. The van der Waals surface area contributed by atoms with E-state index in [1.54, 1.807) is 7.05 Å². The number of rotatable bonds is 6. The number of carboxylic acid groups (broad SMARTS) is 1. The zero-order chi connectivity index (χ0) is 15.8. The van der Waals surface area contributed by atoms with Gasteiger partial charge in [0.15, 0.2) is 0 Å². The Morgan fingerprint density at radius 2 is 2.00 bits per heavy atom. The Bertz CT molecular complexity index is 632. The summed E-state index contributed by atoms with van der Waals surface area (Å²) in [4.78, 5) is 13.1. The number of sulfonamides is 1. The number of hydrogen-bond acceptors (Lipinski definition) is 5. The number of aromatic carboxylic acids is 1. The average Bonchev–Trinajstić information content (AvgIpc) is 2.82. The summed E-state index contributed by atoms with van der Waals surface area (Å²) >= 11 is 0.930. The van der Waals surface area contributed by atoms with Crippen LogP contribution in [0.3, 0.4) is 0 Å². The van der Waals surface area contributed by atoms with Crippen molar-refractivity contribution in [2.24, 2.45) is 0 Å². The molecule has 0 bridgehead atoms. The van der Waals surface area contributed by atoms with Crippen LogP contribution in [0.2, 0.25) is 0 Å². The lowest BCUT2D eigenvalue weighted by molar-refractivity contribution is 0.0455. The molecule has 1 aliphatic rings. The molecule has 0 amide bonds. The molecule has 0 aromatic carbocycles. The van der Waals surface area contributed by atoms with Gasteiger partial charge in [0, 0.05) is 24.5 Å². The maximum Gasteiger partial charge on any atom is 0.345 e. The Kier molecular flexibility index (Phi) is 4.44. The minimum absolute atomic E-state index is 0.0351. The van der Waals surface area contributed by atoms with Crippen molar-refractivity contribution >= 4 is 27.3 Å². The van der Waals surface area contributed by atoms with Crippen molar-refractivity contribution in [3.63, 3.8) is 0 Å². The summed E-state index contributed by atoms with van der Waals surface area (Å²) in [6.07, 6.45) is 3.06. The highest BCUT2D eigenvalue weighted by Crippen LogP contribution is 2.37. The fraction of sp³-hybridized carbons (Fsp3) is 0.615. The molecule has 1 N–H and O–H groups in total. The quantitative estimate of drug-likeness (QED) is 0.855. The van der Waals surface area contributed by atoms with Crippen LogP contribution in [-0.4, -0.2) is 61.9 Å². The molecular formula is C13H20N2O4S2. The fourth-order valence-corrected chi connectivity index (χ4v) is 4.93. The third-order valence-electron chi connectivity index (χ3n) is 4.24. The number of carboxylic acids is 1. The van der Waals surface area contributed by atoms with E-state index in [4.69, 9.17) is 5.11 Å². The smallest absolute Gasteiger partial charge is 0.345 e. The topological polar surface area (TPSA) is 77.9 Å². The van der Waals surface area contributed by atoms with Gasteiger partial charge in [-0.3, -0.25) is 0 Å². The summed E-state index contributed by atoms with van der Waals surface area (Å²) in [6, 6.07) is 1.22. The van der Waals surface area contributed by atoms with Crippen LogP contribution in [-0.2, 0) is 10.0 Å². The third-order valence-corrected chi connectivity index (χ3v) is 7.09. The molecule has 2 rings (SSSR count). The molecule has 1 fully saturated rings. The maximum absolute atomic E-state index is 12.5. The molecule has 6 nitrogen and oxygen atoms in total. The van der Waals surface area contributed by atoms with Gasteiger partial charge in [-0.05, 0) is 39.4 Å². The van der Waals surface area contributed by atoms with Crippen LogP contribution in [0.25, 0.3) is 0 Å². The Morgan fingerprint density at radius 3 is 2.38 bits per heavy atom. The van der Waals surface area contributed by atoms with Crippen molar-refractivity contribution in [2.45, 2.75) is 29.7 Å².